The zero-order valence-corrected chi connectivity index (χ0v) is 20.1. The average Bonchev–Trinajstić information content (AvgIpc) is 3.32. The number of carbonyl (C=O) groups is 1. The van der Waals surface area contributed by atoms with Crippen molar-refractivity contribution in [2.24, 2.45) is 5.10 Å². The maximum absolute atomic E-state index is 12.7. The second kappa shape index (κ2) is 9.79. The van der Waals surface area contributed by atoms with Crippen molar-refractivity contribution >= 4 is 45.3 Å². The molecule has 5 aromatic rings. The Labute approximate surface area is 208 Å². The molecule has 0 bridgehead atoms. The molecule has 0 aliphatic carbocycles. The highest BCUT2D eigenvalue weighted by Gasteiger charge is 2.12. The van der Waals surface area contributed by atoms with E-state index in [0.29, 0.717) is 11.4 Å². The summed E-state index contributed by atoms with van der Waals surface area (Å²) in [4.78, 5) is 20.4. The number of para-hydroxylation sites is 2. The van der Waals surface area contributed by atoms with Crippen LogP contribution in [0.5, 0.6) is 11.5 Å². The fourth-order valence-corrected chi connectivity index (χ4v) is 4.10. The van der Waals surface area contributed by atoms with Gasteiger partial charge in [0.25, 0.3) is 5.91 Å². The van der Waals surface area contributed by atoms with Crippen molar-refractivity contribution in [2.75, 3.05) is 19.5 Å². The molecule has 180 valence electrons. The third-order valence-corrected chi connectivity index (χ3v) is 5.80. The lowest BCUT2D eigenvalue weighted by Gasteiger charge is -2.13. The van der Waals surface area contributed by atoms with Crippen molar-refractivity contribution in [2.45, 2.75) is 6.92 Å². The van der Waals surface area contributed by atoms with Crippen LogP contribution in [0.3, 0.4) is 0 Å². The molecular weight excluding hydrogens is 454 g/mol. The number of ether oxygens (including phenoxy) is 2. The van der Waals surface area contributed by atoms with Crippen molar-refractivity contribution in [3.63, 3.8) is 0 Å². The average molecular weight is 480 g/mol. The van der Waals surface area contributed by atoms with Gasteiger partial charge in [0.1, 0.15) is 22.7 Å². The van der Waals surface area contributed by atoms with Gasteiger partial charge >= 0.3 is 0 Å². The number of H-pyrrole nitrogens is 1. The number of benzene rings is 3. The van der Waals surface area contributed by atoms with Crippen molar-refractivity contribution in [1.82, 2.24) is 15.4 Å². The molecule has 0 aliphatic rings. The minimum absolute atomic E-state index is 0.338. The van der Waals surface area contributed by atoms with Crippen LogP contribution in [0.25, 0.3) is 21.8 Å². The summed E-state index contributed by atoms with van der Waals surface area (Å²) in [6.07, 6.45) is 1.55. The van der Waals surface area contributed by atoms with Gasteiger partial charge in [-0.1, -0.05) is 24.3 Å². The van der Waals surface area contributed by atoms with Crippen molar-refractivity contribution in [3.05, 3.63) is 89.7 Å². The number of methoxy groups -OCH3 is 2. The van der Waals surface area contributed by atoms with Gasteiger partial charge in [-0.3, -0.25) is 4.79 Å². The molecule has 36 heavy (non-hydrogen) atoms. The van der Waals surface area contributed by atoms with Crippen LogP contribution in [0.4, 0.5) is 11.4 Å². The number of amides is 1. The lowest BCUT2D eigenvalue weighted by atomic mass is 10.1. The van der Waals surface area contributed by atoms with E-state index in [2.05, 4.69) is 25.8 Å². The number of rotatable bonds is 7. The standard InChI is InChI=1S/C28H25N5O3/c1-17-13-23(21-8-6-10-26(36-3)27(21)30-17)31-20-11-12-22-19(14-20)15-24(32-22)28(34)33-29-16-18-7-4-5-9-25(18)35-2/h4-16,32H,1-3H3,(H,30,31)(H,33,34)/b29-16+. The monoisotopic (exact) mass is 479 g/mol. The molecule has 3 aromatic carbocycles. The topological polar surface area (TPSA) is 101 Å². The molecule has 8 heteroatoms. The first-order valence-electron chi connectivity index (χ1n) is 11.4. The van der Waals surface area contributed by atoms with Crippen LogP contribution in [0.1, 0.15) is 21.7 Å². The molecular formula is C28H25N5O3. The molecule has 0 saturated carbocycles. The molecule has 0 radical (unpaired) electrons. The Kier molecular flexibility index (Phi) is 6.23. The van der Waals surface area contributed by atoms with E-state index in [1.54, 1.807) is 26.5 Å². The van der Waals surface area contributed by atoms with Crippen LogP contribution in [-0.4, -0.2) is 36.3 Å². The Morgan fingerprint density at radius 3 is 2.61 bits per heavy atom. The van der Waals surface area contributed by atoms with E-state index in [0.717, 1.165) is 50.2 Å². The fourth-order valence-electron chi connectivity index (χ4n) is 4.10. The van der Waals surface area contributed by atoms with E-state index < -0.39 is 0 Å². The third kappa shape index (κ3) is 4.56. The molecule has 5 rings (SSSR count). The summed E-state index contributed by atoms with van der Waals surface area (Å²) in [6.45, 7) is 1.95. The molecule has 3 N–H and O–H groups in total. The molecule has 0 fully saturated rings. The van der Waals surface area contributed by atoms with E-state index in [9.17, 15) is 4.79 Å². The maximum Gasteiger partial charge on any atom is 0.287 e. The summed E-state index contributed by atoms with van der Waals surface area (Å²) in [6, 6.07) is 23.0. The Morgan fingerprint density at radius 1 is 0.972 bits per heavy atom. The van der Waals surface area contributed by atoms with Gasteiger partial charge in [0.15, 0.2) is 0 Å². The molecule has 2 heterocycles. The zero-order valence-electron chi connectivity index (χ0n) is 20.1. The van der Waals surface area contributed by atoms with E-state index >= 15 is 0 Å². The Bertz CT molecular complexity index is 1610. The normalized spacial score (nSPS) is 11.2. The molecule has 0 unspecified atom stereocenters. The number of aromatic amines is 1. The molecule has 0 atom stereocenters. The van der Waals surface area contributed by atoms with Gasteiger partial charge < -0.3 is 19.8 Å². The van der Waals surface area contributed by atoms with E-state index in [4.69, 9.17) is 9.47 Å². The van der Waals surface area contributed by atoms with Crippen molar-refractivity contribution in [3.8, 4) is 11.5 Å². The number of fused-ring (bicyclic) bond motifs is 2. The first-order valence-corrected chi connectivity index (χ1v) is 11.4. The van der Waals surface area contributed by atoms with Gasteiger partial charge in [-0.25, -0.2) is 10.4 Å². The molecule has 8 nitrogen and oxygen atoms in total. The van der Waals surface area contributed by atoms with Gasteiger partial charge in [-0.2, -0.15) is 5.10 Å². The number of carbonyl (C=O) groups excluding carboxylic acids is 1. The number of hydrogen-bond acceptors (Lipinski definition) is 6. The van der Waals surface area contributed by atoms with Crippen LogP contribution >= 0.6 is 0 Å². The lowest BCUT2D eigenvalue weighted by Crippen LogP contribution is -2.17. The Hall–Kier alpha value is -4.85. The first kappa shape index (κ1) is 22.9. The van der Waals surface area contributed by atoms with E-state index in [-0.39, 0.29) is 5.91 Å². The number of anilines is 2. The maximum atomic E-state index is 12.7. The molecule has 2 aromatic heterocycles. The smallest absolute Gasteiger partial charge is 0.287 e. The largest absolute Gasteiger partial charge is 0.496 e. The van der Waals surface area contributed by atoms with Crippen LogP contribution in [0.2, 0.25) is 0 Å². The summed E-state index contributed by atoms with van der Waals surface area (Å²) < 4.78 is 10.8. The predicted octanol–water partition coefficient (Wildman–Crippen LogP) is 5.55. The summed E-state index contributed by atoms with van der Waals surface area (Å²) >= 11 is 0. The lowest BCUT2D eigenvalue weighted by molar-refractivity contribution is 0.0951. The number of nitrogens with one attached hydrogen (secondary N) is 3. The number of aryl methyl sites for hydroxylation is 1. The minimum Gasteiger partial charge on any atom is -0.496 e. The number of pyridine rings is 1. The summed E-state index contributed by atoms with van der Waals surface area (Å²) in [5.74, 6) is 1.07. The fraction of sp³-hybridized carbons (Fsp3) is 0.107. The van der Waals surface area contributed by atoms with Gasteiger partial charge in [0.2, 0.25) is 0 Å². The van der Waals surface area contributed by atoms with E-state index in [1.807, 2.05) is 73.7 Å². The highest BCUT2D eigenvalue weighted by atomic mass is 16.5. The molecule has 0 spiro atoms. The zero-order chi connectivity index (χ0) is 25.1. The van der Waals surface area contributed by atoms with Crippen molar-refractivity contribution < 1.29 is 14.3 Å². The summed E-state index contributed by atoms with van der Waals surface area (Å²) in [5, 5.41) is 9.41. The second-order valence-corrected chi connectivity index (χ2v) is 8.22. The molecule has 0 aliphatic heterocycles. The number of hydrazone groups is 1. The minimum atomic E-state index is -0.338. The predicted molar refractivity (Wildman–Crippen MR) is 143 cm³/mol. The van der Waals surface area contributed by atoms with Gasteiger partial charge in [0.05, 0.1) is 20.4 Å². The van der Waals surface area contributed by atoms with Gasteiger partial charge in [-0.15, -0.1) is 0 Å². The second-order valence-electron chi connectivity index (χ2n) is 8.22. The third-order valence-electron chi connectivity index (χ3n) is 5.80. The van der Waals surface area contributed by atoms with Gasteiger partial charge in [0, 0.05) is 38.9 Å². The van der Waals surface area contributed by atoms with Crippen LogP contribution in [0.15, 0.2) is 77.9 Å². The number of hydrogen-bond donors (Lipinski definition) is 3. The number of nitrogens with zero attached hydrogens (tertiary/aromatic N) is 2. The van der Waals surface area contributed by atoms with E-state index in [1.165, 1.54) is 0 Å². The van der Waals surface area contributed by atoms with Crippen LogP contribution < -0.4 is 20.2 Å². The SMILES string of the molecule is COc1ccccc1/C=N/NC(=O)c1cc2cc(Nc3cc(C)nc4c(OC)cccc34)ccc2[nH]1. The highest BCUT2D eigenvalue weighted by Crippen LogP contribution is 2.32. The Balaban J connectivity index is 1.37. The quantitative estimate of drug-likeness (QED) is 0.210. The summed E-state index contributed by atoms with van der Waals surface area (Å²) in [7, 11) is 3.23. The first-order chi connectivity index (χ1) is 17.6. The molecule has 0 saturated heterocycles. The van der Waals surface area contributed by atoms with Crippen molar-refractivity contribution in [1.29, 1.82) is 0 Å². The van der Waals surface area contributed by atoms with Crippen LogP contribution in [-0.2, 0) is 0 Å². The molecule has 1 amide bonds. The van der Waals surface area contributed by atoms with Crippen LogP contribution in [0, 0.1) is 6.92 Å². The summed E-state index contributed by atoms with van der Waals surface area (Å²) in [5.41, 5.74) is 8.08. The Morgan fingerprint density at radius 2 is 1.78 bits per heavy atom. The highest BCUT2D eigenvalue weighted by molar-refractivity contribution is 6.00. The van der Waals surface area contributed by atoms with Gasteiger partial charge in [-0.05, 0) is 55.5 Å². The number of aromatic nitrogens is 2.